The molecule has 3 aromatic rings. The summed E-state index contributed by atoms with van der Waals surface area (Å²) in [6.45, 7) is 1.77. The van der Waals surface area contributed by atoms with Gasteiger partial charge in [-0.25, -0.2) is 17.8 Å². The number of methoxy groups -OCH3 is 1. The van der Waals surface area contributed by atoms with Crippen LogP contribution in [0.2, 0.25) is 0 Å². The molecule has 0 bridgehead atoms. The van der Waals surface area contributed by atoms with Crippen LogP contribution in [0.15, 0.2) is 58.8 Å². The number of ether oxygens (including phenoxy) is 1. The fraction of sp³-hybridized carbons (Fsp3) is 0.286. The van der Waals surface area contributed by atoms with Crippen LogP contribution >= 0.6 is 11.3 Å². The summed E-state index contributed by atoms with van der Waals surface area (Å²) in [5.41, 5.74) is 2.13. The van der Waals surface area contributed by atoms with Gasteiger partial charge in [-0.2, -0.15) is 4.31 Å². The molecule has 0 amide bonds. The van der Waals surface area contributed by atoms with Gasteiger partial charge in [0.05, 0.1) is 17.7 Å². The molecule has 0 unspecified atom stereocenters. The number of piperazine rings is 1. The Morgan fingerprint density at radius 1 is 1.10 bits per heavy atom. The number of anilines is 1. The van der Waals surface area contributed by atoms with Gasteiger partial charge in [0.2, 0.25) is 10.0 Å². The van der Waals surface area contributed by atoms with Gasteiger partial charge >= 0.3 is 0 Å². The van der Waals surface area contributed by atoms with Crippen molar-refractivity contribution in [2.45, 2.75) is 11.3 Å². The number of thiazole rings is 1. The first kappa shape index (κ1) is 20.8. The molecule has 6 nitrogen and oxygen atoms in total. The first-order valence-electron chi connectivity index (χ1n) is 9.54. The average Bonchev–Trinajstić information content (AvgIpc) is 3.23. The van der Waals surface area contributed by atoms with Gasteiger partial charge in [0.15, 0.2) is 5.13 Å². The molecule has 0 radical (unpaired) electrons. The van der Waals surface area contributed by atoms with E-state index in [9.17, 15) is 12.8 Å². The van der Waals surface area contributed by atoms with E-state index in [0.29, 0.717) is 26.2 Å². The van der Waals surface area contributed by atoms with E-state index >= 15 is 0 Å². The Kier molecular flexibility index (Phi) is 6.03. The summed E-state index contributed by atoms with van der Waals surface area (Å²) >= 11 is 1.56. The number of hydrogen-bond acceptors (Lipinski definition) is 6. The summed E-state index contributed by atoms with van der Waals surface area (Å²) in [7, 11) is -2.05. The number of benzene rings is 2. The van der Waals surface area contributed by atoms with E-state index in [-0.39, 0.29) is 4.90 Å². The van der Waals surface area contributed by atoms with Crippen molar-refractivity contribution in [2.24, 2.45) is 0 Å². The molecule has 0 spiro atoms. The SMILES string of the molecule is COc1ccc(Cc2csc(N3CCN(S(=O)(=O)c4cccc(F)c4)CC3)n2)cc1. The van der Waals surface area contributed by atoms with Crippen LogP contribution in [0.3, 0.4) is 0 Å². The van der Waals surface area contributed by atoms with Crippen LogP contribution in [0.4, 0.5) is 9.52 Å². The first-order valence-corrected chi connectivity index (χ1v) is 11.9. The predicted octanol–water partition coefficient (Wildman–Crippen LogP) is 3.39. The van der Waals surface area contributed by atoms with Gasteiger partial charge in [-0.1, -0.05) is 18.2 Å². The van der Waals surface area contributed by atoms with Crippen LogP contribution in [-0.4, -0.2) is 51.0 Å². The molecular formula is C21H22FN3O3S2. The number of hydrogen-bond donors (Lipinski definition) is 0. The Balaban J connectivity index is 1.38. The molecule has 158 valence electrons. The minimum absolute atomic E-state index is 0.00743. The molecule has 0 saturated carbocycles. The maximum atomic E-state index is 13.4. The maximum Gasteiger partial charge on any atom is 0.243 e. The van der Waals surface area contributed by atoms with Crippen LogP contribution in [0, 0.1) is 5.82 Å². The van der Waals surface area contributed by atoms with Gasteiger partial charge in [0.1, 0.15) is 11.6 Å². The zero-order valence-corrected chi connectivity index (χ0v) is 18.1. The molecule has 1 aliphatic rings. The topological polar surface area (TPSA) is 62.7 Å². The van der Waals surface area contributed by atoms with Crippen molar-refractivity contribution in [3.63, 3.8) is 0 Å². The molecule has 4 rings (SSSR count). The van der Waals surface area contributed by atoms with E-state index in [4.69, 9.17) is 9.72 Å². The van der Waals surface area contributed by atoms with Gasteiger partial charge in [-0.05, 0) is 35.9 Å². The predicted molar refractivity (Wildman–Crippen MR) is 115 cm³/mol. The average molecular weight is 448 g/mol. The lowest BCUT2D eigenvalue weighted by molar-refractivity contribution is 0.384. The first-order chi connectivity index (χ1) is 14.5. The normalized spacial score (nSPS) is 15.3. The zero-order valence-electron chi connectivity index (χ0n) is 16.5. The monoisotopic (exact) mass is 447 g/mol. The summed E-state index contributed by atoms with van der Waals surface area (Å²) in [5, 5.41) is 2.93. The second-order valence-electron chi connectivity index (χ2n) is 6.99. The van der Waals surface area contributed by atoms with Crippen molar-refractivity contribution in [3.05, 3.63) is 71.0 Å². The van der Waals surface area contributed by atoms with Gasteiger partial charge in [-0.15, -0.1) is 11.3 Å². The van der Waals surface area contributed by atoms with Crippen LogP contribution in [0.5, 0.6) is 5.75 Å². The van der Waals surface area contributed by atoms with Gasteiger partial charge in [0, 0.05) is 38.0 Å². The van der Waals surface area contributed by atoms with Crippen LogP contribution in [0.25, 0.3) is 0 Å². The van der Waals surface area contributed by atoms with Crippen molar-refractivity contribution in [3.8, 4) is 5.75 Å². The molecule has 1 fully saturated rings. The molecule has 1 aliphatic heterocycles. The largest absolute Gasteiger partial charge is 0.497 e. The number of sulfonamides is 1. The fourth-order valence-corrected chi connectivity index (χ4v) is 5.70. The third-order valence-electron chi connectivity index (χ3n) is 5.03. The van der Waals surface area contributed by atoms with E-state index in [0.717, 1.165) is 34.6 Å². The fourth-order valence-electron chi connectivity index (χ4n) is 3.37. The Hall–Kier alpha value is -2.49. The lowest BCUT2D eigenvalue weighted by Crippen LogP contribution is -2.48. The van der Waals surface area contributed by atoms with Crippen molar-refractivity contribution in [1.82, 2.24) is 9.29 Å². The van der Waals surface area contributed by atoms with Crippen LogP contribution in [0.1, 0.15) is 11.3 Å². The highest BCUT2D eigenvalue weighted by atomic mass is 32.2. The molecule has 9 heteroatoms. The molecule has 0 N–H and O–H groups in total. The molecule has 2 aromatic carbocycles. The van der Waals surface area contributed by atoms with Crippen LogP contribution in [-0.2, 0) is 16.4 Å². The Bertz CT molecular complexity index is 1110. The molecule has 1 saturated heterocycles. The summed E-state index contributed by atoms with van der Waals surface area (Å²) in [6.07, 6.45) is 0.731. The second kappa shape index (κ2) is 8.71. The molecule has 2 heterocycles. The smallest absolute Gasteiger partial charge is 0.243 e. The van der Waals surface area contributed by atoms with Crippen LogP contribution < -0.4 is 9.64 Å². The Morgan fingerprint density at radius 3 is 2.50 bits per heavy atom. The van der Waals surface area contributed by atoms with Gasteiger partial charge < -0.3 is 9.64 Å². The summed E-state index contributed by atoms with van der Waals surface area (Å²) < 4.78 is 45.5. The molecular weight excluding hydrogens is 425 g/mol. The van der Waals surface area contributed by atoms with Gasteiger partial charge in [-0.3, -0.25) is 0 Å². The molecule has 0 atom stereocenters. The Morgan fingerprint density at radius 2 is 1.83 bits per heavy atom. The number of rotatable bonds is 6. The highest BCUT2D eigenvalue weighted by Crippen LogP contribution is 2.26. The third kappa shape index (κ3) is 4.48. The summed E-state index contributed by atoms with van der Waals surface area (Å²) in [4.78, 5) is 6.81. The van der Waals surface area contributed by atoms with Crippen molar-refractivity contribution >= 4 is 26.5 Å². The standard InChI is InChI=1S/C21H22FN3O3S2/c1-28-19-7-5-16(6-8-19)13-18-15-29-21(23-18)24-9-11-25(12-10-24)30(26,27)20-4-2-3-17(22)14-20/h2-8,14-15H,9-13H2,1H3. The van der Waals surface area contributed by atoms with E-state index in [1.165, 1.54) is 22.5 Å². The third-order valence-corrected chi connectivity index (χ3v) is 7.87. The van der Waals surface area contributed by atoms with E-state index < -0.39 is 15.8 Å². The number of aromatic nitrogens is 1. The summed E-state index contributed by atoms with van der Waals surface area (Å²) in [5.74, 6) is 0.269. The number of halogens is 1. The maximum absolute atomic E-state index is 13.4. The van der Waals surface area contributed by atoms with E-state index in [1.807, 2.05) is 29.6 Å². The van der Waals surface area contributed by atoms with Crippen molar-refractivity contribution < 1.29 is 17.5 Å². The quantitative estimate of drug-likeness (QED) is 0.580. The highest BCUT2D eigenvalue weighted by molar-refractivity contribution is 7.89. The lowest BCUT2D eigenvalue weighted by atomic mass is 10.1. The molecule has 30 heavy (non-hydrogen) atoms. The minimum Gasteiger partial charge on any atom is -0.497 e. The van der Waals surface area contributed by atoms with Crippen molar-refractivity contribution in [1.29, 1.82) is 0 Å². The molecule has 0 aliphatic carbocycles. The highest BCUT2D eigenvalue weighted by Gasteiger charge is 2.29. The molecule has 1 aromatic heterocycles. The van der Waals surface area contributed by atoms with Gasteiger partial charge in [0.25, 0.3) is 0 Å². The zero-order chi connectivity index (χ0) is 21.1. The second-order valence-corrected chi connectivity index (χ2v) is 9.77. The minimum atomic E-state index is -3.69. The van der Waals surface area contributed by atoms with Crippen molar-refractivity contribution in [2.75, 3.05) is 38.2 Å². The lowest BCUT2D eigenvalue weighted by Gasteiger charge is -2.33. The van der Waals surface area contributed by atoms with E-state index in [1.54, 1.807) is 18.4 Å². The summed E-state index contributed by atoms with van der Waals surface area (Å²) in [6, 6.07) is 13.1. The van der Waals surface area contributed by atoms with E-state index in [2.05, 4.69) is 4.90 Å². The number of nitrogens with zero attached hydrogens (tertiary/aromatic N) is 3. The Labute approximate surface area is 179 Å².